The van der Waals surface area contributed by atoms with Gasteiger partial charge in [-0.3, -0.25) is 9.63 Å². The van der Waals surface area contributed by atoms with E-state index in [2.05, 4.69) is 15.0 Å². The number of rotatable bonds is 4. The van der Waals surface area contributed by atoms with Crippen molar-refractivity contribution in [2.45, 2.75) is 4.90 Å². The van der Waals surface area contributed by atoms with Crippen molar-refractivity contribution < 1.29 is 18.0 Å². The van der Waals surface area contributed by atoms with E-state index >= 15 is 0 Å². The molecular weight excluding hydrogens is 232 g/mol. The van der Waals surface area contributed by atoms with Crippen LogP contribution in [0.15, 0.2) is 29.2 Å². The highest BCUT2D eigenvalue weighted by Gasteiger charge is 2.12. The first-order valence-corrected chi connectivity index (χ1v) is 5.86. The molecule has 1 aromatic rings. The fourth-order valence-electron chi connectivity index (χ4n) is 1.05. The Bertz CT molecular complexity index is 467. The number of amides is 1. The Morgan fingerprint density at radius 3 is 2.25 bits per heavy atom. The Hall–Kier alpha value is -1.44. The van der Waals surface area contributed by atoms with Crippen molar-refractivity contribution in [3.05, 3.63) is 29.8 Å². The maximum atomic E-state index is 11.4. The lowest BCUT2D eigenvalue weighted by Crippen LogP contribution is -2.22. The summed E-state index contributed by atoms with van der Waals surface area (Å²) in [5.74, 6) is -0.434. The van der Waals surface area contributed by atoms with Crippen molar-refractivity contribution in [2.75, 3.05) is 14.2 Å². The molecule has 0 saturated carbocycles. The van der Waals surface area contributed by atoms with Crippen LogP contribution in [0.3, 0.4) is 0 Å². The van der Waals surface area contributed by atoms with Gasteiger partial charge in [0.2, 0.25) is 10.0 Å². The maximum absolute atomic E-state index is 11.4. The summed E-state index contributed by atoms with van der Waals surface area (Å²) in [6.45, 7) is 0. The molecule has 0 spiro atoms. The summed E-state index contributed by atoms with van der Waals surface area (Å²) in [6, 6.07) is 5.49. The fraction of sp³-hybridized carbons (Fsp3) is 0.222. The Morgan fingerprint density at radius 1 is 1.25 bits per heavy atom. The van der Waals surface area contributed by atoms with Crippen LogP contribution in [0.4, 0.5) is 0 Å². The van der Waals surface area contributed by atoms with Crippen LogP contribution in [0.2, 0.25) is 0 Å². The largest absolute Gasteiger partial charge is 0.277 e. The Kier molecular flexibility index (Phi) is 3.99. The highest BCUT2D eigenvalue weighted by atomic mass is 32.2. The second-order valence-electron chi connectivity index (χ2n) is 2.87. The van der Waals surface area contributed by atoms with Crippen LogP contribution in [0, 0.1) is 0 Å². The van der Waals surface area contributed by atoms with Crippen LogP contribution in [0.5, 0.6) is 0 Å². The minimum absolute atomic E-state index is 0.101. The number of carbonyl (C=O) groups is 1. The van der Waals surface area contributed by atoms with Crippen molar-refractivity contribution in [3.8, 4) is 0 Å². The number of sulfonamides is 1. The molecule has 2 N–H and O–H groups in total. The first-order valence-electron chi connectivity index (χ1n) is 4.38. The lowest BCUT2D eigenvalue weighted by atomic mass is 10.2. The van der Waals surface area contributed by atoms with Crippen LogP contribution in [0.1, 0.15) is 10.4 Å². The smallest absolute Gasteiger partial charge is 0.274 e. The molecule has 0 atom stereocenters. The molecule has 0 unspecified atom stereocenters. The quantitative estimate of drug-likeness (QED) is 0.723. The fourth-order valence-corrected chi connectivity index (χ4v) is 1.79. The van der Waals surface area contributed by atoms with Crippen molar-refractivity contribution >= 4 is 15.9 Å². The van der Waals surface area contributed by atoms with Crippen LogP contribution in [-0.4, -0.2) is 28.5 Å². The molecule has 7 heteroatoms. The summed E-state index contributed by atoms with van der Waals surface area (Å²) < 4.78 is 24.9. The normalized spacial score (nSPS) is 11.1. The monoisotopic (exact) mass is 244 g/mol. The van der Waals surface area contributed by atoms with E-state index in [4.69, 9.17) is 0 Å². The topological polar surface area (TPSA) is 84.5 Å². The van der Waals surface area contributed by atoms with Gasteiger partial charge >= 0.3 is 0 Å². The van der Waals surface area contributed by atoms with E-state index in [9.17, 15) is 13.2 Å². The molecule has 1 aromatic carbocycles. The van der Waals surface area contributed by atoms with Crippen LogP contribution in [-0.2, 0) is 14.9 Å². The Labute approximate surface area is 93.6 Å². The van der Waals surface area contributed by atoms with Crippen molar-refractivity contribution in [1.82, 2.24) is 10.2 Å². The lowest BCUT2D eigenvalue weighted by molar-refractivity contribution is 0.0537. The zero-order chi connectivity index (χ0) is 12.2. The zero-order valence-corrected chi connectivity index (χ0v) is 9.67. The first-order chi connectivity index (χ1) is 7.51. The van der Waals surface area contributed by atoms with E-state index in [0.29, 0.717) is 5.56 Å². The molecule has 0 aliphatic carbocycles. The van der Waals surface area contributed by atoms with Crippen LogP contribution in [0.25, 0.3) is 0 Å². The number of hydrogen-bond donors (Lipinski definition) is 2. The Balaban J connectivity index is 2.96. The van der Waals surface area contributed by atoms with Gasteiger partial charge in [-0.15, -0.1) is 0 Å². The molecule has 1 rings (SSSR count). The summed E-state index contributed by atoms with van der Waals surface area (Å²) in [7, 11) is -0.828. The second-order valence-corrected chi connectivity index (χ2v) is 4.75. The van der Waals surface area contributed by atoms with E-state index in [1.807, 2.05) is 0 Å². The minimum Gasteiger partial charge on any atom is -0.277 e. The summed E-state index contributed by atoms with van der Waals surface area (Å²) in [6.07, 6.45) is 0. The van der Waals surface area contributed by atoms with Gasteiger partial charge in [-0.1, -0.05) is 0 Å². The molecule has 0 aromatic heterocycles. The van der Waals surface area contributed by atoms with Crippen molar-refractivity contribution in [1.29, 1.82) is 0 Å². The maximum Gasteiger partial charge on any atom is 0.274 e. The van der Waals surface area contributed by atoms with E-state index < -0.39 is 15.9 Å². The molecule has 0 saturated heterocycles. The molecule has 6 nitrogen and oxygen atoms in total. The summed E-state index contributed by atoms with van der Waals surface area (Å²) in [4.78, 5) is 15.8. The highest BCUT2D eigenvalue weighted by molar-refractivity contribution is 7.89. The molecule has 88 valence electrons. The number of hydrogen-bond acceptors (Lipinski definition) is 4. The molecule has 0 radical (unpaired) electrons. The molecule has 0 aliphatic rings. The molecule has 0 heterocycles. The van der Waals surface area contributed by atoms with Crippen LogP contribution >= 0.6 is 0 Å². The molecule has 0 bridgehead atoms. The van der Waals surface area contributed by atoms with Gasteiger partial charge in [0, 0.05) is 5.56 Å². The van der Waals surface area contributed by atoms with E-state index in [1.54, 1.807) is 0 Å². The third kappa shape index (κ3) is 2.78. The number of nitrogens with one attached hydrogen (secondary N) is 2. The molecule has 0 fully saturated rings. The third-order valence-electron chi connectivity index (χ3n) is 1.89. The zero-order valence-electron chi connectivity index (χ0n) is 8.85. The van der Waals surface area contributed by atoms with Crippen molar-refractivity contribution in [2.24, 2.45) is 0 Å². The van der Waals surface area contributed by atoms with Gasteiger partial charge in [0.1, 0.15) is 0 Å². The summed E-state index contributed by atoms with van der Waals surface area (Å²) >= 11 is 0. The van der Waals surface area contributed by atoms with Gasteiger partial charge in [0.25, 0.3) is 5.91 Å². The molecular formula is C9H12N2O4S. The van der Waals surface area contributed by atoms with Gasteiger partial charge in [-0.2, -0.15) is 0 Å². The standard InChI is InChI=1S/C9H12N2O4S/c1-10-16(13,14)8-5-3-7(4-6-8)9(12)11-15-2/h3-6,10H,1-2H3,(H,11,12). The SMILES string of the molecule is CNS(=O)(=O)c1ccc(C(=O)NOC)cc1. The van der Waals surface area contributed by atoms with Gasteiger partial charge in [0.15, 0.2) is 0 Å². The Morgan fingerprint density at radius 2 is 1.81 bits per heavy atom. The molecule has 1 amide bonds. The summed E-state index contributed by atoms with van der Waals surface area (Å²) in [5, 5.41) is 0. The van der Waals surface area contributed by atoms with Crippen LogP contribution < -0.4 is 10.2 Å². The summed E-state index contributed by atoms with van der Waals surface area (Å²) in [5.41, 5.74) is 2.45. The lowest BCUT2D eigenvalue weighted by Gasteiger charge is -2.04. The second kappa shape index (κ2) is 5.06. The predicted octanol–water partition coefficient (Wildman–Crippen LogP) is -0.114. The van der Waals surface area contributed by atoms with E-state index in [1.165, 1.54) is 38.4 Å². The first kappa shape index (κ1) is 12.6. The van der Waals surface area contributed by atoms with Gasteiger partial charge < -0.3 is 0 Å². The average Bonchev–Trinajstić information content (AvgIpc) is 2.29. The van der Waals surface area contributed by atoms with E-state index in [0.717, 1.165) is 0 Å². The van der Waals surface area contributed by atoms with E-state index in [-0.39, 0.29) is 4.90 Å². The minimum atomic E-state index is -3.47. The van der Waals surface area contributed by atoms with Gasteiger partial charge in [-0.25, -0.2) is 18.6 Å². The number of benzene rings is 1. The van der Waals surface area contributed by atoms with Gasteiger partial charge in [0.05, 0.1) is 12.0 Å². The number of hydroxylamine groups is 1. The molecule has 0 aliphatic heterocycles. The van der Waals surface area contributed by atoms with Crippen molar-refractivity contribution in [3.63, 3.8) is 0 Å². The van der Waals surface area contributed by atoms with Gasteiger partial charge in [-0.05, 0) is 31.3 Å². The highest BCUT2D eigenvalue weighted by Crippen LogP contribution is 2.09. The third-order valence-corrected chi connectivity index (χ3v) is 3.32. The number of carbonyl (C=O) groups excluding carboxylic acids is 1. The molecule has 16 heavy (non-hydrogen) atoms. The average molecular weight is 244 g/mol. The predicted molar refractivity (Wildman–Crippen MR) is 57.2 cm³/mol.